The minimum Gasteiger partial charge on any atom is -0.508 e. The molecule has 2 rings (SSSR count). The minimum atomic E-state index is -1.08. The van der Waals surface area contributed by atoms with Gasteiger partial charge in [0, 0.05) is 19.6 Å². The van der Waals surface area contributed by atoms with E-state index >= 15 is 0 Å². The second kappa shape index (κ2) is 17.0. The van der Waals surface area contributed by atoms with Gasteiger partial charge in [-0.2, -0.15) is 0 Å². The maximum absolute atomic E-state index is 13.2. The molecular weight excluding hydrogens is 468 g/mol. The molecule has 0 saturated carbocycles. The van der Waals surface area contributed by atoms with Gasteiger partial charge in [-0.15, -0.1) is 0 Å². The van der Waals surface area contributed by atoms with Crippen LogP contribution in [-0.4, -0.2) is 41.3 Å². The zero-order chi connectivity index (χ0) is 26.9. The van der Waals surface area contributed by atoms with E-state index in [0.717, 1.165) is 37.7 Å². The Balaban J connectivity index is 2.31. The van der Waals surface area contributed by atoms with Crippen LogP contribution in [0.4, 0.5) is 0 Å². The molecule has 0 aromatic heterocycles. The number of hydrogen-bond acceptors (Lipinski definition) is 6. The predicted octanol–water partition coefficient (Wildman–Crippen LogP) is 7.56. The third-order valence-electron chi connectivity index (χ3n) is 6.46. The molecule has 0 aliphatic heterocycles. The number of phenolic OH excluding ortho intramolecular Hbond substituents is 2. The number of esters is 1. The van der Waals surface area contributed by atoms with Crippen molar-refractivity contribution in [1.82, 2.24) is 0 Å². The van der Waals surface area contributed by atoms with E-state index in [9.17, 15) is 15.0 Å². The first kappa shape index (κ1) is 30.7. The number of aromatic hydroxyl groups is 2. The van der Waals surface area contributed by atoms with Gasteiger partial charge >= 0.3 is 5.97 Å². The van der Waals surface area contributed by atoms with Gasteiger partial charge in [-0.3, -0.25) is 0 Å². The molecular formula is C31H46O6. The van der Waals surface area contributed by atoms with Crippen LogP contribution in [0.2, 0.25) is 0 Å². The highest BCUT2D eigenvalue weighted by atomic mass is 16.7. The van der Waals surface area contributed by atoms with E-state index in [1.165, 1.54) is 31.4 Å². The summed E-state index contributed by atoms with van der Waals surface area (Å²) in [5.74, 6) is -1.21. The van der Waals surface area contributed by atoms with E-state index in [2.05, 4.69) is 20.8 Å². The first-order chi connectivity index (χ1) is 17.9. The third-order valence-corrected chi connectivity index (χ3v) is 6.46. The molecule has 2 aromatic carbocycles. The van der Waals surface area contributed by atoms with E-state index in [-0.39, 0.29) is 11.5 Å². The van der Waals surface area contributed by atoms with Gasteiger partial charge in [0.05, 0.1) is 5.56 Å². The van der Waals surface area contributed by atoms with Gasteiger partial charge in [-0.25, -0.2) is 4.79 Å². The first-order valence-electron chi connectivity index (χ1n) is 14.0. The van der Waals surface area contributed by atoms with Gasteiger partial charge in [-0.05, 0) is 74.1 Å². The predicted molar refractivity (Wildman–Crippen MR) is 147 cm³/mol. The fraction of sp³-hybridized carbons (Fsp3) is 0.581. The molecule has 0 aliphatic carbocycles. The Morgan fingerprint density at radius 3 is 1.86 bits per heavy atom. The summed E-state index contributed by atoms with van der Waals surface area (Å²) in [6.07, 6.45) is 9.59. The maximum atomic E-state index is 13.2. The molecule has 0 amide bonds. The normalized spacial score (nSPS) is 12.4. The summed E-state index contributed by atoms with van der Waals surface area (Å²) >= 11 is 0. The Kier molecular flexibility index (Phi) is 14.1. The average Bonchev–Trinajstić information content (AvgIpc) is 2.91. The van der Waals surface area contributed by atoms with Crippen molar-refractivity contribution < 1.29 is 29.2 Å². The van der Waals surface area contributed by atoms with Crippen molar-refractivity contribution in [2.24, 2.45) is 0 Å². The third kappa shape index (κ3) is 10.7. The summed E-state index contributed by atoms with van der Waals surface area (Å²) < 4.78 is 19.1. The van der Waals surface area contributed by atoms with Gasteiger partial charge in [0.1, 0.15) is 11.5 Å². The summed E-state index contributed by atoms with van der Waals surface area (Å²) in [4.78, 5) is 13.2. The monoisotopic (exact) mass is 514 g/mol. The molecule has 0 radical (unpaired) electrons. The molecule has 37 heavy (non-hydrogen) atoms. The zero-order valence-electron chi connectivity index (χ0n) is 22.9. The molecule has 6 nitrogen and oxygen atoms in total. The van der Waals surface area contributed by atoms with Crippen LogP contribution in [0.1, 0.15) is 101 Å². The lowest BCUT2D eigenvalue weighted by Gasteiger charge is -2.40. The molecule has 6 heteroatoms. The number of hydrogen-bond donors (Lipinski definition) is 2. The highest BCUT2D eigenvalue weighted by Crippen LogP contribution is 2.32. The zero-order valence-corrected chi connectivity index (χ0v) is 22.9. The second-order valence-corrected chi connectivity index (χ2v) is 9.67. The summed E-state index contributed by atoms with van der Waals surface area (Å²) in [6.45, 7) is 7.29. The molecule has 0 bridgehead atoms. The number of carbonyl (C=O) groups is 1. The molecule has 206 valence electrons. The second-order valence-electron chi connectivity index (χ2n) is 9.67. The smallest absolute Gasteiger partial charge is 0.338 e. The number of phenols is 2. The fourth-order valence-electron chi connectivity index (χ4n) is 4.34. The standard InChI is InChI=1S/C31H46O6/c1-4-7-8-9-10-11-12-29(37-30(34)26-15-19-28(33)20-16-26)31(35-23-5-2,36-24-6-3)22-21-25-13-17-27(32)18-14-25/h13-20,29,32-33H,4-12,21-24H2,1-3H3. The van der Waals surface area contributed by atoms with E-state index in [1.54, 1.807) is 24.3 Å². The molecule has 1 unspecified atom stereocenters. The Morgan fingerprint density at radius 1 is 0.757 bits per heavy atom. The van der Waals surface area contributed by atoms with E-state index in [0.29, 0.717) is 38.0 Å². The quantitative estimate of drug-likeness (QED) is 0.114. The van der Waals surface area contributed by atoms with Crippen LogP contribution in [0.5, 0.6) is 11.5 Å². The fourth-order valence-corrected chi connectivity index (χ4v) is 4.34. The van der Waals surface area contributed by atoms with Gasteiger partial charge in [0.15, 0.2) is 6.10 Å². The lowest BCUT2D eigenvalue weighted by molar-refractivity contribution is -0.287. The Labute approximate surface area is 223 Å². The van der Waals surface area contributed by atoms with Crippen LogP contribution in [0, 0.1) is 0 Å². The van der Waals surface area contributed by atoms with Crippen LogP contribution in [0.25, 0.3) is 0 Å². The van der Waals surface area contributed by atoms with Gasteiger partial charge in [-0.1, -0.05) is 65.0 Å². The van der Waals surface area contributed by atoms with Crippen LogP contribution in [0.15, 0.2) is 48.5 Å². The minimum absolute atomic E-state index is 0.0981. The lowest BCUT2D eigenvalue weighted by Crippen LogP contribution is -2.50. The van der Waals surface area contributed by atoms with Crippen LogP contribution in [-0.2, 0) is 20.6 Å². The van der Waals surface area contributed by atoms with Crippen molar-refractivity contribution in [2.45, 2.75) is 103 Å². The lowest BCUT2D eigenvalue weighted by atomic mass is 9.95. The van der Waals surface area contributed by atoms with Crippen LogP contribution in [0.3, 0.4) is 0 Å². The Bertz CT molecular complexity index is 870. The Morgan fingerprint density at radius 2 is 1.30 bits per heavy atom. The van der Waals surface area contributed by atoms with Gasteiger partial charge in [0.25, 0.3) is 0 Å². The number of unbranched alkanes of at least 4 members (excludes halogenated alkanes) is 5. The number of ether oxygens (including phenoxy) is 3. The van der Waals surface area contributed by atoms with Crippen molar-refractivity contribution in [3.05, 3.63) is 59.7 Å². The highest BCUT2D eigenvalue weighted by molar-refractivity contribution is 5.89. The number of rotatable bonds is 19. The van der Waals surface area contributed by atoms with Gasteiger partial charge in [0.2, 0.25) is 5.79 Å². The van der Waals surface area contributed by atoms with Crippen molar-refractivity contribution in [3.8, 4) is 11.5 Å². The molecule has 0 spiro atoms. The highest BCUT2D eigenvalue weighted by Gasteiger charge is 2.43. The van der Waals surface area contributed by atoms with E-state index in [1.807, 2.05) is 12.1 Å². The van der Waals surface area contributed by atoms with Crippen LogP contribution >= 0.6 is 0 Å². The SMILES string of the molecule is CCCCCCCCC(OC(=O)c1ccc(O)cc1)C(CCc1ccc(O)cc1)(OCCC)OCCC. The molecule has 0 fully saturated rings. The Hall–Kier alpha value is -2.57. The summed E-state index contributed by atoms with van der Waals surface area (Å²) in [5, 5.41) is 19.3. The van der Waals surface area contributed by atoms with Crippen molar-refractivity contribution in [3.63, 3.8) is 0 Å². The molecule has 1 atom stereocenters. The number of aryl methyl sites for hydroxylation is 1. The van der Waals surface area contributed by atoms with Crippen molar-refractivity contribution in [1.29, 1.82) is 0 Å². The van der Waals surface area contributed by atoms with Crippen LogP contribution < -0.4 is 0 Å². The summed E-state index contributed by atoms with van der Waals surface area (Å²) in [6, 6.07) is 13.2. The first-order valence-corrected chi connectivity index (χ1v) is 14.0. The molecule has 0 aliphatic rings. The molecule has 0 saturated heterocycles. The van der Waals surface area contributed by atoms with Gasteiger partial charge < -0.3 is 24.4 Å². The van der Waals surface area contributed by atoms with Crippen molar-refractivity contribution >= 4 is 5.97 Å². The molecule has 0 heterocycles. The van der Waals surface area contributed by atoms with E-state index < -0.39 is 17.9 Å². The topological polar surface area (TPSA) is 85.2 Å². The summed E-state index contributed by atoms with van der Waals surface area (Å²) in [7, 11) is 0. The number of benzene rings is 2. The van der Waals surface area contributed by atoms with Crippen molar-refractivity contribution in [2.75, 3.05) is 13.2 Å². The molecule has 2 N–H and O–H groups in total. The maximum Gasteiger partial charge on any atom is 0.338 e. The summed E-state index contributed by atoms with van der Waals surface area (Å²) in [5.41, 5.74) is 1.43. The van der Waals surface area contributed by atoms with E-state index in [4.69, 9.17) is 14.2 Å². The number of carbonyl (C=O) groups excluding carboxylic acids is 1. The molecule has 2 aromatic rings. The largest absolute Gasteiger partial charge is 0.508 e. The average molecular weight is 515 g/mol.